The van der Waals surface area contributed by atoms with E-state index in [4.69, 9.17) is 9.47 Å². The van der Waals surface area contributed by atoms with Crippen LogP contribution in [0.3, 0.4) is 0 Å². The Bertz CT molecular complexity index is 197. The highest BCUT2D eigenvalue weighted by Crippen LogP contribution is 2.31. The van der Waals surface area contributed by atoms with Crippen LogP contribution in [0, 0.1) is 11.8 Å². The lowest BCUT2D eigenvalue weighted by Gasteiger charge is -2.32. The van der Waals surface area contributed by atoms with Crippen molar-refractivity contribution in [3.63, 3.8) is 0 Å². The summed E-state index contributed by atoms with van der Waals surface area (Å²) in [6, 6.07) is 0. The fourth-order valence-electron chi connectivity index (χ4n) is 2.59. The third-order valence-corrected chi connectivity index (χ3v) is 3.45. The van der Waals surface area contributed by atoms with Crippen molar-refractivity contribution in [1.82, 2.24) is 0 Å². The van der Waals surface area contributed by atoms with Gasteiger partial charge in [0.05, 0.1) is 19.1 Å². The molecule has 3 heteroatoms. The van der Waals surface area contributed by atoms with Crippen LogP contribution in [0.25, 0.3) is 0 Å². The second-order valence-electron chi connectivity index (χ2n) is 4.41. The van der Waals surface area contributed by atoms with Gasteiger partial charge in [-0.1, -0.05) is 19.3 Å². The lowest BCUT2D eigenvalue weighted by atomic mass is 9.81. The van der Waals surface area contributed by atoms with Crippen LogP contribution < -0.4 is 0 Å². The maximum atomic E-state index is 11.5. The Kier molecular flexibility index (Phi) is 5.09. The van der Waals surface area contributed by atoms with E-state index in [-0.39, 0.29) is 18.0 Å². The summed E-state index contributed by atoms with van der Waals surface area (Å²) in [5, 5.41) is 0. The first-order chi connectivity index (χ1) is 7.20. The van der Waals surface area contributed by atoms with Gasteiger partial charge in [-0.2, -0.15) is 0 Å². The zero-order valence-corrected chi connectivity index (χ0v) is 9.99. The summed E-state index contributed by atoms with van der Waals surface area (Å²) in [4.78, 5) is 11.5. The summed E-state index contributed by atoms with van der Waals surface area (Å²) in [6.07, 6.45) is 6.23. The molecule has 0 aromatic carbocycles. The van der Waals surface area contributed by atoms with E-state index in [2.05, 4.69) is 0 Å². The SMILES string of the molecule is COC(=O)[C@@H](C)[C@@H](OC)C1CCCCC1. The third kappa shape index (κ3) is 3.20. The van der Waals surface area contributed by atoms with Crippen molar-refractivity contribution in [2.45, 2.75) is 45.1 Å². The molecule has 0 unspecified atom stereocenters. The summed E-state index contributed by atoms with van der Waals surface area (Å²) in [5.41, 5.74) is 0. The number of hydrogen-bond acceptors (Lipinski definition) is 3. The molecule has 0 aromatic heterocycles. The van der Waals surface area contributed by atoms with Gasteiger partial charge in [0.15, 0.2) is 0 Å². The highest BCUT2D eigenvalue weighted by atomic mass is 16.5. The minimum absolute atomic E-state index is 0.0257. The van der Waals surface area contributed by atoms with Gasteiger partial charge < -0.3 is 9.47 Å². The average molecular weight is 214 g/mol. The van der Waals surface area contributed by atoms with Gasteiger partial charge in [-0.15, -0.1) is 0 Å². The summed E-state index contributed by atoms with van der Waals surface area (Å²) < 4.78 is 10.2. The van der Waals surface area contributed by atoms with Crippen LogP contribution in [0.1, 0.15) is 39.0 Å². The van der Waals surface area contributed by atoms with Gasteiger partial charge in [0.1, 0.15) is 0 Å². The van der Waals surface area contributed by atoms with Crippen LogP contribution in [0.2, 0.25) is 0 Å². The van der Waals surface area contributed by atoms with E-state index < -0.39 is 0 Å². The van der Waals surface area contributed by atoms with Crippen molar-refractivity contribution in [2.75, 3.05) is 14.2 Å². The molecule has 0 amide bonds. The van der Waals surface area contributed by atoms with Gasteiger partial charge in [-0.3, -0.25) is 4.79 Å². The average Bonchev–Trinajstić information content (AvgIpc) is 2.30. The Morgan fingerprint density at radius 3 is 2.27 bits per heavy atom. The number of carbonyl (C=O) groups is 1. The Hall–Kier alpha value is -0.570. The molecule has 1 rings (SSSR count). The molecule has 0 radical (unpaired) electrons. The molecular weight excluding hydrogens is 192 g/mol. The van der Waals surface area contributed by atoms with Gasteiger partial charge in [0.25, 0.3) is 0 Å². The van der Waals surface area contributed by atoms with Crippen LogP contribution in [0.5, 0.6) is 0 Å². The number of esters is 1. The van der Waals surface area contributed by atoms with Crippen LogP contribution in [-0.4, -0.2) is 26.3 Å². The first-order valence-electron chi connectivity index (χ1n) is 5.81. The van der Waals surface area contributed by atoms with Crippen molar-refractivity contribution in [1.29, 1.82) is 0 Å². The summed E-state index contributed by atoms with van der Waals surface area (Å²) in [6.45, 7) is 1.90. The molecule has 2 atom stereocenters. The van der Waals surface area contributed by atoms with E-state index >= 15 is 0 Å². The predicted octanol–water partition coefficient (Wildman–Crippen LogP) is 2.39. The Morgan fingerprint density at radius 2 is 1.80 bits per heavy atom. The molecule has 88 valence electrons. The molecule has 1 saturated carbocycles. The van der Waals surface area contributed by atoms with E-state index in [0.717, 1.165) is 0 Å². The van der Waals surface area contributed by atoms with Crippen molar-refractivity contribution in [3.8, 4) is 0 Å². The Morgan fingerprint density at radius 1 is 1.20 bits per heavy atom. The molecule has 3 nitrogen and oxygen atoms in total. The van der Waals surface area contributed by atoms with Crippen molar-refractivity contribution in [3.05, 3.63) is 0 Å². The quantitative estimate of drug-likeness (QED) is 0.674. The van der Waals surface area contributed by atoms with Gasteiger partial charge >= 0.3 is 5.97 Å². The second-order valence-corrected chi connectivity index (χ2v) is 4.41. The molecule has 0 aliphatic heterocycles. The van der Waals surface area contributed by atoms with Gasteiger partial charge in [-0.05, 0) is 25.7 Å². The number of carbonyl (C=O) groups excluding carboxylic acids is 1. The van der Waals surface area contributed by atoms with E-state index in [9.17, 15) is 4.79 Å². The van der Waals surface area contributed by atoms with Gasteiger partial charge in [-0.25, -0.2) is 0 Å². The number of rotatable bonds is 4. The van der Waals surface area contributed by atoms with E-state index in [0.29, 0.717) is 5.92 Å². The summed E-state index contributed by atoms with van der Waals surface area (Å²) in [5.74, 6) is 0.216. The van der Waals surface area contributed by atoms with Gasteiger partial charge in [0.2, 0.25) is 0 Å². The molecule has 1 fully saturated rings. The number of hydrogen-bond donors (Lipinski definition) is 0. The maximum Gasteiger partial charge on any atom is 0.311 e. The molecule has 0 aromatic rings. The van der Waals surface area contributed by atoms with Gasteiger partial charge in [0, 0.05) is 7.11 Å². The lowest BCUT2D eigenvalue weighted by Crippen LogP contribution is -2.36. The highest BCUT2D eigenvalue weighted by molar-refractivity contribution is 5.72. The topological polar surface area (TPSA) is 35.5 Å². The van der Waals surface area contributed by atoms with E-state index in [1.54, 1.807) is 7.11 Å². The van der Waals surface area contributed by atoms with Crippen molar-refractivity contribution < 1.29 is 14.3 Å². The third-order valence-electron chi connectivity index (χ3n) is 3.45. The predicted molar refractivity (Wildman–Crippen MR) is 58.6 cm³/mol. The smallest absolute Gasteiger partial charge is 0.311 e. The van der Waals surface area contributed by atoms with Crippen LogP contribution in [0.15, 0.2) is 0 Å². The standard InChI is InChI=1S/C12H22O3/c1-9(12(13)15-3)11(14-2)10-7-5-4-6-8-10/h9-11H,4-8H2,1-3H3/t9-,11+/m0/s1. The zero-order chi connectivity index (χ0) is 11.3. The second kappa shape index (κ2) is 6.11. The Balaban J connectivity index is 2.56. The minimum Gasteiger partial charge on any atom is -0.469 e. The van der Waals surface area contributed by atoms with Crippen LogP contribution in [-0.2, 0) is 14.3 Å². The molecule has 1 aliphatic carbocycles. The van der Waals surface area contributed by atoms with E-state index in [1.807, 2.05) is 6.92 Å². The van der Waals surface area contributed by atoms with E-state index in [1.165, 1.54) is 39.2 Å². The maximum absolute atomic E-state index is 11.5. The van der Waals surface area contributed by atoms with Crippen LogP contribution in [0.4, 0.5) is 0 Å². The largest absolute Gasteiger partial charge is 0.469 e. The highest BCUT2D eigenvalue weighted by Gasteiger charge is 2.32. The minimum atomic E-state index is -0.160. The molecule has 0 heterocycles. The number of methoxy groups -OCH3 is 2. The molecular formula is C12H22O3. The molecule has 1 aliphatic rings. The first kappa shape index (κ1) is 12.5. The summed E-state index contributed by atoms with van der Waals surface area (Å²) >= 11 is 0. The molecule has 0 saturated heterocycles. The fourth-order valence-corrected chi connectivity index (χ4v) is 2.59. The first-order valence-corrected chi connectivity index (χ1v) is 5.81. The zero-order valence-electron chi connectivity index (χ0n) is 9.99. The molecule has 0 bridgehead atoms. The van der Waals surface area contributed by atoms with Crippen molar-refractivity contribution in [2.24, 2.45) is 11.8 Å². The molecule has 15 heavy (non-hydrogen) atoms. The lowest BCUT2D eigenvalue weighted by molar-refractivity contribution is -0.151. The van der Waals surface area contributed by atoms with Crippen LogP contribution >= 0.6 is 0 Å². The normalized spacial score (nSPS) is 22.1. The fraction of sp³-hybridized carbons (Fsp3) is 0.917. The van der Waals surface area contributed by atoms with Crippen molar-refractivity contribution >= 4 is 5.97 Å². The number of ether oxygens (including phenoxy) is 2. The monoisotopic (exact) mass is 214 g/mol. The molecule has 0 N–H and O–H groups in total. The summed E-state index contributed by atoms with van der Waals surface area (Å²) in [7, 11) is 3.13. The Labute approximate surface area is 92.1 Å². The molecule has 0 spiro atoms.